The Labute approximate surface area is 529 Å². The number of ether oxygens (including phenoxy) is 13. The van der Waals surface area contributed by atoms with Crippen molar-refractivity contribution in [3.63, 3.8) is 0 Å². The lowest BCUT2D eigenvalue weighted by molar-refractivity contribution is -0.373. The Hall–Kier alpha value is -7.96. The van der Waals surface area contributed by atoms with Crippen LogP contribution in [-0.2, 0) is 66.4 Å². The predicted molar refractivity (Wildman–Crippen MR) is 316 cm³/mol. The normalized spacial score (nSPS) is 26.6. The summed E-state index contributed by atoms with van der Waals surface area (Å²) in [6, 6.07) is 46.1. The summed E-state index contributed by atoms with van der Waals surface area (Å²) in [6.07, 6.45) is -26.6. The van der Waals surface area contributed by atoms with E-state index in [1.165, 1.54) is 93.6 Å². The van der Waals surface area contributed by atoms with E-state index in [9.17, 15) is 33.6 Å². The van der Waals surface area contributed by atoms with Gasteiger partial charge in [-0.1, -0.05) is 144 Å². The van der Waals surface area contributed by atoms with Gasteiger partial charge in [-0.05, 0) is 93.6 Å². The van der Waals surface area contributed by atoms with Gasteiger partial charge in [0.25, 0.3) is 3.79 Å². The Kier molecular flexibility index (Phi) is 22.1. The molecule has 21 nitrogen and oxygen atoms in total. The summed E-state index contributed by atoms with van der Waals surface area (Å²) in [6.45, 7) is 4.30. The number of carbonyl (C=O) groups is 7. The minimum atomic E-state index is -2.56. The third-order valence-corrected chi connectivity index (χ3v) is 14.9. The highest BCUT2D eigenvalue weighted by molar-refractivity contribution is 6.76. The zero-order valence-electron chi connectivity index (χ0n) is 47.4. The van der Waals surface area contributed by atoms with Gasteiger partial charge >= 0.3 is 41.8 Å². The molecule has 0 amide bonds. The van der Waals surface area contributed by atoms with Crippen molar-refractivity contribution in [1.29, 1.82) is 5.41 Å². The van der Waals surface area contributed by atoms with E-state index in [0.29, 0.717) is 0 Å². The zero-order valence-corrected chi connectivity index (χ0v) is 50.4. The zero-order chi connectivity index (χ0) is 63.4. The van der Waals surface area contributed by atoms with Crippen molar-refractivity contribution in [1.82, 2.24) is 0 Å². The number of halogens is 4. The van der Waals surface area contributed by atoms with E-state index in [0.717, 1.165) is 0 Å². The molecule has 0 radical (unpaired) electrons. The second-order valence-electron chi connectivity index (χ2n) is 20.3. The van der Waals surface area contributed by atoms with Gasteiger partial charge in [0.2, 0.25) is 12.2 Å². The lowest BCUT2D eigenvalue weighted by Gasteiger charge is -2.50. The molecule has 466 valence electrons. The molecule has 1 N–H and O–H groups in total. The van der Waals surface area contributed by atoms with Gasteiger partial charge in [0.1, 0.15) is 12.0 Å². The summed E-state index contributed by atoms with van der Waals surface area (Å²) < 4.78 is 79.9. The predicted octanol–water partition coefficient (Wildman–Crippen LogP) is 9.86. The molecule has 3 fully saturated rings. The molecule has 3 aliphatic heterocycles. The maximum atomic E-state index is 14.8. The van der Waals surface area contributed by atoms with Crippen LogP contribution in [0.25, 0.3) is 0 Å². The molecule has 0 aromatic heterocycles. The molecule has 0 unspecified atom stereocenters. The second-order valence-corrected chi connectivity index (χ2v) is 22.8. The molecule has 3 heterocycles. The van der Waals surface area contributed by atoms with Crippen LogP contribution >= 0.6 is 46.4 Å². The van der Waals surface area contributed by atoms with E-state index in [1.54, 1.807) is 109 Å². The Bertz CT molecular complexity index is 3410. The molecule has 9 rings (SSSR count). The molecule has 3 saturated heterocycles. The third-order valence-electron chi connectivity index (χ3n) is 14.1. The van der Waals surface area contributed by atoms with Crippen LogP contribution in [0.1, 0.15) is 82.9 Å². The summed E-state index contributed by atoms with van der Waals surface area (Å²) in [5.41, 5.74) is 0.134. The summed E-state index contributed by atoms with van der Waals surface area (Å²) in [4.78, 5) is 99.5. The Morgan fingerprint density at radius 3 is 0.899 bits per heavy atom. The van der Waals surface area contributed by atoms with Gasteiger partial charge in [-0.15, -0.1) is 11.6 Å². The van der Waals surface area contributed by atoms with E-state index < -0.39 is 149 Å². The maximum Gasteiger partial charge on any atom is 0.338 e. The molecule has 3 aliphatic rings. The first-order chi connectivity index (χ1) is 42.8. The summed E-state index contributed by atoms with van der Waals surface area (Å²) in [5, 5.41) is 8.74. The van der Waals surface area contributed by atoms with Crippen LogP contribution in [0.2, 0.25) is 0 Å². The minimum absolute atomic E-state index is 0.00936. The molecule has 6 aromatic carbocycles. The number of rotatable bonds is 19. The molecule has 25 heteroatoms. The maximum absolute atomic E-state index is 14.8. The fourth-order valence-electron chi connectivity index (χ4n) is 9.81. The molecule has 0 bridgehead atoms. The highest BCUT2D eigenvalue weighted by Crippen LogP contribution is 2.40. The SMILES string of the molecule is C[C@@H]1O[C@@H](O[C@H]2[C@H](OC(=N)C(Cl)(Cl)Cl)O[C@@H](C)[C@H](OC(=O)c3ccccc3)[C@H]2OC(=O)c2ccccc2)[C@H](OC(=O)c2ccccc2)[C@H](O[C@@H]2O[C@@H](C)[C@H](OC(=O)c3ccccc3)[C@H](OC(=O)CCl)[C@H]2OC(=O)c2ccccc2)[C@H]1OC(=O)c1ccccc1. The minimum Gasteiger partial charge on any atom is -0.453 e. The smallest absolute Gasteiger partial charge is 0.338 e. The lowest BCUT2D eigenvalue weighted by atomic mass is 9.95. The van der Waals surface area contributed by atoms with Gasteiger partial charge in [0.15, 0.2) is 61.4 Å². The van der Waals surface area contributed by atoms with Crippen molar-refractivity contribution in [3.05, 3.63) is 215 Å². The van der Waals surface area contributed by atoms with Crippen molar-refractivity contribution in [2.24, 2.45) is 0 Å². The largest absolute Gasteiger partial charge is 0.453 e. The van der Waals surface area contributed by atoms with Crippen LogP contribution in [0.5, 0.6) is 0 Å². The fraction of sp³-hybridized carbons (Fsp3) is 0.312. The van der Waals surface area contributed by atoms with Gasteiger partial charge in [0, 0.05) is 0 Å². The number of hydrogen-bond donors (Lipinski definition) is 1. The van der Waals surface area contributed by atoms with Crippen molar-refractivity contribution in [2.45, 2.75) is 117 Å². The van der Waals surface area contributed by atoms with Crippen molar-refractivity contribution in [3.8, 4) is 0 Å². The quantitative estimate of drug-likeness (QED) is 0.0260. The van der Waals surface area contributed by atoms with Gasteiger partial charge < -0.3 is 61.6 Å². The monoisotopic (exact) mass is 1300 g/mol. The Morgan fingerprint density at radius 1 is 0.348 bits per heavy atom. The number of hydrogen-bond acceptors (Lipinski definition) is 21. The molecule has 6 aromatic rings. The Balaban J connectivity index is 1.20. The molecule has 0 aliphatic carbocycles. The van der Waals surface area contributed by atoms with Crippen LogP contribution in [0, 0.1) is 5.41 Å². The van der Waals surface area contributed by atoms with E-state index in [2.05, 4.69) is 0 Å². The van der Waals surface area contributed by atoms with E-state index in [-0.39, 0.29) is 33.4 Å². The molecule has 89 heavy (non-hydrogen) atoms. The number of carbonyl (C=O) groups excluding carboxylic acids is 7. The first-order valence-corrected chi connectivity index (χ1v) is 29.4. The summed E-state index contributed by atoms with van der Waals surface area (Å²) in [7, 11) is 0. The van der Waals surface area contributed by atoms with Gasteiger partial charge in [-0.25, -0.2) is 28.8 Å². The van der Waals surface area contributed by atoms with Crippen molar-refractivity contribution >= 4 is 94.1 Å². The van der Waals surface area contributed by atoms with Gasteiger partial charge in [0.05, 0.1) is 51.7 Å². The lowest BCUT2D eigenvalue weighted by Crippen LogP contribution is -2.68. The van der Waals surface area contributed by atoms with Crippen molar-refractivity contribution in [2.75, 3.05) is 5.88 Å². The highest BCUT2D eigenvalue weighted by atomic mass is 35.6. The number of benzene rings is 6. The summed E-state index contributed by atoms with van der Waals surface area (Å²) >= 11 is 24.7. The highest BCUT2D eigenvalue weighted by Gasteiger charge is 2.60. The first-order valence-electron chi connectivity index (χ1n) is 27.7. The van der Waals surface area contributed by atoms with Gasteiger partial charge in [-0.2, -0.15) is 0 Å². The topological polar surface area (TPSA) is 263 Å². The van der Waals surface area contributed by atoms with E-state index >= 15 is 0 Å². The first kappa shape index (κ1) is 65.5. The molecular weight excluding hydrogens is 1240 g/mol. The average Bonchev–Trinajstić information content (AvgIpc) is 0.909. The number of esters is 7. The molecular formula is C64H57Cl4NO20. The standard InChI is InChI=1S/C64H57Cl4NO20/c1-35-45(81-54(71)38-22-10-4-11-23-38)48(80-44(70)34-65)51(85-58(75)42-30-18-8-19-31-42)60(77-35)87-50-47(83-56(73)40-26-14-6-15-27-40)37(3)78-61(52(50)86-59(76)43-32-20-9-21-33-43)88-53-49(84-57(74)41-28-16-7-17-29-41)46(82-55(72)39-24-12-5-13-25-39)36(2)79-62(53)89-63(69)64(66,67)68/h4-33,35-37,45-53,60-62,69H,34H2,1-3H3/t35-,36-,37-,45-,46-,47-,48-,49+,50+,51+,52+,53+,60-,61-,62-/m0/s1. The van der Waals surface area contributed by atoms with E-state index in [1.807, 2.05) is 0 Å². The van der Waals surface area contributed by atoms with Crippen LogP contribution in [0.4, 0.5) is 0 Å². The number of alkyl halides is 4. The second kappa shape index (κ2) is 30.0. The van der Waals surface area contributed by atoms with Crippen molar-refractivity contribution < 1.29 is 95.1 Å². The molecule has 0 saturated carbocycles. The number of nitrogens with one attached hydrogen (secondary N) is 1. The third kappa shape index (κ3) is 16.5. The van der Waals surface area contributed by atoms with Crippen LogP contribution in [-0.4, -0.2) is 149 Å². The van der Waals surface area contributed by atoms with Crippen LogP contribution in [0.3, 0.4) is 0 Å². The molecule has 0 spiro atoms. The van der Waals surface area contributed by atoms with E-state index in [4.69, 9.17) is 113 Å². The van der Waals surface area contributed by atoms with Gasteiger partial charge in [-0.3, -0.25) is 10.2 Å². The fourth-order valence-corrected chi connectivity index (χ4v) is 10.0. The van der Waals surface area contributed by atoms with Crippen LogP contribution < -0.4 is 0 Å². The summed E-state index contributed by atoms with van der Waals surface area (Å²) in [5.74, 6) is -8.71. The Morgan fingerprint density at radius 2 is 0.596 bits per heavy atom. The average molecular weight is 1300 g/mol. The van der Waals surface area contributed by atoms with Crippen LogP contribution in [0.15, 0.2) is 182 Å². The molecule has 15 atom stereocenters.